The van der Waals surface area contributed by atoms with Crippen LogP contribution in [0.3, 0.4) is 0 Å². The van der Waals surface area contributed by atoms with E-state index in [4.69, 9.17) is 4.52 Å². The van der Waals surface area contributed by atoms with Crippen molar-refractivity contribution < 1.29 is 14.2 Å². The van der Waals surface area contributed by atoms with E-state index < -0.39 is 0 Å². The Morgan fingerprint density at radius 1 is 0.968 bits per heavy atom. The molecule has 5 rings (SSSR count). The lowest BCUT2D eigenvalue weighted by molar-refractivity contribution is -0.918. The zero-order chi connectivity index (χ0) is 21.0. The van der Waals surface area contributed by atoms with Gasteiger partial charge in [-0.15, -0.1) is 0 Å². The van der Waals surface area contributed by atoms with Crippen molar-refractivity contribution in [2.45, 2.75) is 25.4 Å². The summed E-state index contributed by atoms with van der Waals surface area (Å²) in [5.74, 6) is 0.668. The number of nitrogens with zero attached hydrogens (tertiary/aromatic N) is 1. The van der Waals surface area contributed by atoms with Crippen LogP contribution in [0.1, 0.15) is 28.8 Å². The van der Waals surface area contributed by atoms with Gasteiger partial charge in [-0.2, -0.15) is 0 Å². The van der Waals surface area contributed by atoms with Gasteiger partial charge in [-0.05, 0) is 18.2 Å². The number of aromatic nitrogens is 1. The molecule has 0 spiro atoms. The average Bonchev–Trinajstić information content (AvgIpc) is 3.25. The zero-order valence-electron chi connectivity index (χ0n) is 17.4. The number of benzene rings is 3. The molecule has 1 saturated heterocycles. The van der Waals surface area contributed by atoms with Crippen LogP contribution < -0.4 is 10.2 Å². The maximum Gasteiger partial charge on any atom is 0.251 e. The van der Waals surface area contributed by atoms with Crippen LogP contribution in [0.25, 0.3) is 22.2 Å². The first-order valence-electron chi connectivity index (χ1n) is 10.9. The number of nitrogens with one attached hydrogen (secondary N) is 2. The third-order valence-corrected chi connectivity index (χ3v) is 6.10. The second kappa shape index (κ2) is 8.74. The molecule has 1 aromatic heterocycles. The van der Waals surface area contributed by atoms with Gasteiger partial charge in [0.15, 0.2) is 5.76 Å². The molecule has 156 valence electrons. The van der Waals surface area contributed by atoms with Gasteiger partial charge in [0.2, 0.25) is 0 Å². The molecule has 0 saturated carbocycles. The molecule has 5 heteroatoms. The van der Waals surface area contributed by atoms with E-state index in [-0.39, 0.29) is 11.9 Å². The number of quaternary nitrogens is 1. The molecule has 0 bridgehead atoms. The molecule has 1 aliphatic heterocycles. The summed E-state index contributed by atoms with van der Waals surface area (Å²) < 4.78 is 5.56. The highest BCUT2D eigenvalue weighted by atomic mass is 16.5. The molecule has 0 atom stereocenters. The number of fused-ring (bicyclic) bond motifs is 1. The predicted molar refractivity (Wildman–Crippen MR) is 121 cm³/mol. The quantitative estimate of drug-likeness (QED) is 0.528. The highest BCUT2D eigenvalue weighted by Gasteiger charge is 2.24. The summed E-state index contributed by atoms with van der Waals surface area (Å²) in [6.45, 7) is 3.19. The summed E-state index contributed by atoms with van der Waals surface area (Å²) in [6, 6.07) is 26.3. The van der Waals surface area contributed by atoms with Crippen molar-refractivity contribution in [2.75, 3.05) is 13.1 Å². The molecule has 2 heterocycles. The molecule has 2 N–H and O–H groups in total. The first kappa shape index (κ1) is 19.5. The Kier molecular flexibility index (Phi) is 5.50. The van der Waals surface area contributed by atoms with Gasteiger partial charge < -0.3 is 14.7 Å². The molecule has 31 heavy (non-hydrogen) atoms. The fourth-order valence-electron chi connectivity index (χ4n) is 4.38. The standard InChI is InChI=1S/C26H25N3O2/c30-26(27-22-13-15-29(16-14-22)18-19-7-3-1-4-8-19)21-11-12-24-23(17-21)25(31-28-24)20-9-5-2-6-10-20/h1-12,17,22H,13-16,18H2,(H,27,30)/p+1. The van der Waals surface area contributed by atoms with Crippen LogP contribution in [0.4, 0.5) is 0 Å². The van der Waals surface area contributed by atoms with Crippen molar-refractivity contribution in [3.8, 4) is 11.3 Å². The zero-order valence-corrected chi connectivity index (χ0v) is 17.4. The monoisotopic (exact) mass is 412 g/mol. The van der Waals surface area contributed by atoms with Gasteiger partial charge >= 0.3 is 0 Å². The van der Waals surface area contributed by atoms with Crippen molar-refractivity contribution in [3.63, 3.8) is 0 Å². The number of carbonyl (C=O) groups is 1. The van der Waals surface area contributed by atoms with Crippen LogP contribution in [0.2, 0.25) is 0 Å². The third-order valence-electron chi connectivity index (χ3n) is 6.10. The van der Waals surface area contributed by atoms with Crippen LogP contribution in [0.15, 0.2) is 83.4 Å². The highest BCUT2D eigenvalue weighted by molar-refractivity contribution is 6.01. The summed E-state index contributed by atoms with van der Waals surface area (Å²) in [7, 11) is 0. The minimum atomic E-state index is -0.0291. The number of amides is 1. The molecule has 1 fully saturated rings. The first-order chi connectivity index (χ1) is 15.3. The molecule has 1 aliphatic rings. The molecule has 0 unspecified atom stereocenters. The van der Waals surface area contributed by atoms with Crippen molar-refractivity contribution in [1.29, 1.82) is 0 Å². The third kappa shape index (κ3) is 4.37. The number of hydrogen-bond donors (Lipinski definition) is 2. The largest absolute Gasteiger partial charge is 0.355 e. The van der Waals surface area contributed by atoms with Gasteiger partial charge in [-0.1, -0.05) is 65.8 Å². The Bertz CT molecular complexity index is 1160. The van der Waals surface area contributed by atoms with E-state index in [1.165, 1.54) is 5.56 Å². The summed E-state index contributed by atoms with van der Waals surface area (Å²) >= 11 is 0. The van der Waals surface area contributed by atoms with E-state index in [0.29, 0.717) is 11.3 Å². The van der Waals surface area contributed by atoms with Crippen LogP contribution >= 0.6 is 0 Å². The van der Waals surface area contributed by atoms with E-state index in [9.17, 15) is 4.79 Å². The van der Waals surface area contributed by atoms with Gasteiger partial charge in [0.05, 0.1) is 18.5 Å². The van der Waals surface area contributed by atoms with Gasteiger partial charge in [0, 0.05) is 35.6 Å². The second-order valence-corrected chi connectivity index (χ2v) is 8.27. The summed E-state index contributed by atoms with van der Waals surface area (Å²) in [6.07, 6.45) is 2.00. The Labute approximate surface area is 181 Å². The summed E-state index contributed by atoms with van der Waals surface area (Å²) in [4.78, 5) is 14.5. The van der Waals surface area contributed by atoms with Gasteiger partial charge in [-0.25, -0.2) is 0 Å². The van der Waals surface area contributed by atoms with Gasteiger partial charge in [0.1, 0.15) is 12.1 Å². The molecule has 1 amide bonds. The average molecular weight is 413 g/mol. The maximum atomic E-state index is 12.9. The predicted octanol–water partition coefficient (Wildman–Crippen LogP) is 3.47. The van der Waals surface area contributed by atoms with Crippen molar-refractivity contribution in [1.82, 2.24) is 10.5 Å². The smallest absolute Gasteiger partial charge is 0.251 e. The van der Waals surface area contributed by atoms with Gasteiger partial charge in [0.25, 0.3) is 5.91 Å². The lowest BCUT2D eigenvalue weighted by Gasteiger charge is -2.29. The lowest BCUT2D eigenvalue weighted by Crippen LogP contribution is -3.12. The van der Waals surface area contributed by atoms with E-state index in [1.54, 1.807) is 4.90 Å². The Morgan fingerprint density at radius 3 is 2.42 bits per heavy atom. The van der Waals surface area contributed by atoms with E-state index >= 15 is 0 Å². The fraction of sp³-hybridized carbons (Fsp3) is 0.231. The molecule has 0 aliphatic carbocycles. The Balaban J connectivity index is 1.24. The molecule has 3 aromatic carbocycles. The minimum Gasteiger partial charge on any atom is -0.355 e. The molecular formula is C26H26N3O2+. The van der Waals surface area contributed by atoms with E-state index in [1.807, 2.05) is 48.5 Å². The minimum absolute atomic E-state index is 0.0291. The second-order valence-electron chi connectivity index (χ2n) is 8.27. The molecular weight excluding hydrogens is 386 g/mol. The van der Waals surface area contributed by atoms with E-state index in [0.717, 1.165) is 48.9 Å². The summed E-state index contributed by atoms with van der Waals surface area (Å²) in [5.41, 5.74) is 3.73. The van der Waals surface area contributed by atoms with Crippen LogP contribution in [-0.2, 0) is 6.54 Å². The van der Waals surface area contributed by atoms with Crippen LogP contribution in [0, 0.1) is 0 Å². The van der Waals surface area contributed by atoms with Crippen molar-refractivity contribution in [3.05, 3.63) is 90.0 Å². The number of rotatable bonds is 5. The first-order valence-corrected chi connectivity index (χ1v) is 10.9. The Morgan fingerprint density at radius 2 is 1.68 bits per heavy atom. The number of piperidine rings is 1. The van der Waals surface area contributed by atoms with Gasteiger partial charge in [-0.3, -0.25) is 4.79 Å². The SMILES string of the molecule is O=C(NC1CC[NH+](Cc2ccccc2)CC1)c1ccc2noc(-c3ccccc3)c2c1. The van der Waals surface area contributed by atoms with Crippen molar-refractivity contribution >= 4 is 16.8 Å². The van der Waals surface area contributed by atoms with Crippen LogP contribution in [-0.4, -0.2) is 30.2 Å². The molecule has 5 nitrogen and oxygen atoms in total. The maximum absolute atomic E-state index is 12.9. The number of hydrogen-bond acceptors (Lipinski definition) is 3. The van der Waals surface area contributed by atoms with Crippen molar-refractivity contribution in [2.24, 2.45) is 0 Å². The molecule has 0 radical (unpaired) electrons. The van der Waals surface area contributed by atoms with E-state index in [2.05, 4.69) is 40.8 Å². The normalized spacial score (nSPS) is 18.7. The number of carbonyl (C=O) groups excluding carboxylic acids is 1. The highest BCUT2D eigenvalue weighted by Crippen LogP contribution is 2.29. The molecule has 4 aromatic rings. The fourth-order valence-corrected chi connectivity index (χ4v) is 4.38. The van der Waals surface area contributed by atoms with Crippen LogP contribution in [0.5, 0.6) is 0 Å². The number of likely N-dealkylation sites (tertiary alicyclic amines) is 1. The Hall–Kier alpha value is -3.44. The summed E-state index contributed by atoms with van der Waals surface area (Å²) in [5, 5.41) is 8.24. The lowest BCUT2D eigenvalue weighted by atomic mass is 10.0. The topological polar surface area (TPSA) is 59.6 Å².